The second-order valence-corrected chi connectivity index (χ2v) is 7.34. The maximum Gasteiger partial charge on any atom is 0.165 e. The van der Waals surface area contributed by atoms with Crippen molar-refractivity contribution in [3.05, 3.63) is 83.6 Å². The molecule has 0 bridgehead atoms. The first-order chi connectivity index (χ1) is 14.5. The molecule has 0 amide bonds. The highest BCUT2D eigenvalue weighted by Crippen LogP contribution is 2.29. The summed E-state index contributed by atoms with van der Waals surface area (Å²) in [6.07, 6.45) is 3.76. The summed E-state index contributed by atoms with van der Waals surface area (Å²) in [6, 6.07) is 15.0. The lowest BCUT2D eigenvalue weighted by molar-refractivity contribution is 0.315. The number of nitrogens with zero attached hydrogens (tertiary/aromatic N) is 4. The number of H-pyrrole nitrogens is 1. The molecule has 0 saturated heterocycles. The van der Waals surface area contributed by atoms with E-state index in [1.807, 2.05) is 61.2 Å². The summed E-state index contributed by atoms with van der Waals surface area (Å²) in [5.74, 6) is -0.188. The van der Waals surface area contributed by atoms with E-state index in [9.17, 15) is 4.39 Å². The number of aromatic amines is 1. The molecule has 6 nitrogen and oxygen atoms in total. The van der Waals surface area contributed by atoms with Crippen LogP contribution in [0.2, 0.25) is 0 Å². The van der Waals surface area contributed by atoms with Gasteiger partial charge >= 0.3 is 0 Å². The first-order valence-electron chi connectivity index (χ1n) is 9.70. The van der Waals surface area contributed by atoms with Gasteiger partial charge in [-0.3, -0.25) is 10.00 Å². The molecule has 0 spiro atoms. The third-order valence-corrected chi connectivity index (χ3v) is 5.02. The van der Waals surface area contributed by atoms with Gasteiger partial charge in [0.1, 0.15) is 0 Å². The van der Waals surface area contributed by atoms with Gasteiger partial charge in [-0.1, -0.05) is 18.2 Å². The van der Waals surface area contributed by atoms with E-state index in [-0.39, 0.29) is 5.75 Å². The average Bonchev–Trinajstić information content (AvgIpc) is 3.38. The molecule has 154 valence electrons. The Hall–Kier alpha value is -3.45. The molecule has 0 saturated carbocycles. The first kappa shape index (κ1) is 19.8. The lowest BCUT2D eigenvalue weighted by atomic mass is 10.1. The van der Waals surface area contributed by atoms with Crippen molar-refractivity contribution in [1.29, 1.82) is 0 Å². The summed E-state index contributed by atoms with van der Waals surface area (Å²) < 4.78 is 21.3. The van der Waals surface area contributed by atoms with Crippen LogP contribution in [-0.2, 0) is 13.1 Å². The molecule has 0 radical (unpaired) electrons. The summed E-state index contributed by atoms with van der Waals surface area (Å²) >= 11 is 0. The number of methoxy groups -OCH3 is 1. The summed E-state index contributed by atoms with van der Waals surface area (Å²) in [4.78, 5) is 2.16. The predicted molar refractivity (Wildman–Crippen MR) is 114 cm³/mol. The van der Waals surface area contributed by atoms with Crippen molar-refractivity contribution >= 4 is 0 Å². The summed E-state index contributed by atoms with van der Waals surface area (Å²) in [5, 5.41) is 11.8. The molecule has 7 heteroatoms. The van der Waals surface area contributed by atoms with Crippen LogP contribution < -0.4 is 4.74 Å². The Morgan fingerprint density at radius 1 is 1.13 bits per heavy atom. The van der Waals surface area contributed by atoms with Gasteiger partial charge in [-0.2, -0.15) is 10.2 Å². The van der Waals surface area contributed by atoms with Gasteiger partial charge < -0.3 is 4.74 Å². The van der Waals surface area contributed by atoms with Gasteiger partial charge in [-0.25, -0.2) is 9.07 Å². The predicted octanol–water partition coefficient (Wildman–Crippen LogP) is 4.35. The molecule has 0 fully saturated rings. The van der Waals surface area contributed by atoms with E-state index in [1.165, 1.54) is 13.2 Å². The Morgan fingerprint density at radius 2 is 1.97 bits per heavy atom. The highest BCUT2D eigenvalue weighted by Gasteiger charge is 2.17. The molecule has 2 aromatic carbocycles. The highest BCUT2D eigenvalue weighted by molar-refractivity contribution is 5.64. The fourth-order valence-electron chi connectivity index (χ4n) is 3.54. The van der Waals surface area contributed by atoms with Crippen molar-refractivity contribution in [2.75, 3.05) is 14.2 Å². The quantitative estimate of drug-likeness (QED) is 0.497. The van der Waals surface area contributed by atoms with Crippen molar-refractivity contribution in [1.82, 2.24) is 24.9 Å². The molecule has 0 unspecified atom stereocenters. The Labute approximate surface area is 174 Å². The zero-order valence-corrected chi connectivity index (χ0v) is 17.3. The average molecular weight is 405 g/mol. The Kier molecular flexibility index (Phi) is 5.63. The number of nitrogens with one attached hydrogen (secondary N) is 1. The van der Waals surface area contributed by atoms with Gasteiger partial charge in [-0.05, 0) is 49.9 Å². The standard InChI is InChI=1S/C23H24FN5O/c1-16-6-4-5-7-21(16)29-14-18(13-28(2)15-19-10-11-25-26-19)23(27-29)17-8-9-22(30-3)20(24)12-17/h4-12,14H,13,15H2,1-3H3,(H,25,26). The second-order valence-electron chi connectivity index (χ2n) is 7.34. The third-order valence-electron chi connectivity index (χ3n) is 5.02. The normalized spacial score (nSPS) is 11.2. The number of hydrogen-bond acceptors (Lipinski definition) is 4. The minimum Gasteiger partial charge on any atom is -0.494 e. The summed E-state index contributed by atoms with van der Waals surface area (Å²) in [6.45, 7) is 3.41. The van der Waals surface area contributed by atoms with Crippen LogP contribution >= 0.6 is 0 Å². The lowest BCUT2D eigenvalue weighted by Crippen LogP contribution is -2.17. The van der Waals surface area contributed by atoms with Crippen molar-refractivity contribution in [3.8, 4) is 22.7 Å². The number of benzene rings is 2. The zero-order chi connectivity index (χ0) is 21.1. The summed E-state index contributed by atoms with van der Waals surface area (Å²) in [5.41, 5.74) is 5.60. The zero-order valence-electron chi connectivity index (χ0n) is 17.3. The highest BCUT2D eigenvalue weighted by atomic mass is 19.1. The van der Waals surface area contributed by atoms with Gasteiger partial charge in [0.25, 0.3) is 0 Å². The molecular weight excluding hydrogens is 381 g/mol. The van der Waals surface area contributed by atoms with Crippen LogP contribution in [0.4, 0.5) is 4.39 Å². The van der Waals surface area contributed by atoms with Gasteiger partial charge in [0.05, 0.1) is 18.5 Å². The van der Waals surface area contributed by atoms with Crippen LogP contribution in [0.3, 0.4) is 0 Å². The fourth-order valence-corrected chi connectivity index (χ4v) is 3.54. The molecule has 4 rings (SSSR count). The molecule has 30 heavy (non-hydrogen) atoms. The van der Waals surface area contributed by atoms with Crippen LogP contribution in [-0.4, -0.2) is 39.0 Å². The number of aromatic nitrogens is 4. The van der Waals surface area contributed by atoms with Crippen LogP contribution in [0.5, 0.6) is 5.75 Å². The SMILES string of the molecule is COc1ccc(-c2nn(-c3ccccc3C)cc2CN(C)Cc2ccn[nH]2)cc1F. The van der Waals surface area contributed by atoms with E-state index in [0.717, 1.165) is 28.2 Å². The Bertz CT molecular complexity index is 1140. The topological polar surface area (TPSA) is 59.0 Å². The van der Waals surface area contributed by atoms with Crippen molar-refractivity contribution in [3.63, 3.8) is 0 Å². The first-order valence-corrected chi connectivity index (χ1v) is 9.70. The van der Waals surface area contributed by atoms with E-state index in [1.54, 1.807) is 12.3 Å². The van der Waals surface area contributed by atoms with Crippen molar-refractivity contribution in [2.24, 2.45) is 0 Å². The largest absolute Gasteiger partial charge is 0.494 e. The molecule has 0 aliphatic carbocycles. The van der Waals surface area contributed by atoms with Crippen LogP contribution in [0, 0.1) is 12.7 Å². The number of para-hydroxylation sites is 1. The smallest absolute Gasteiger partial charge is 0.165 e. The molecule has 4 aromatic rings. The van der Waals surface area contributed by atoms with E-state index in [4.69, 9.17) is 9.84 Å². The summed E-state index contributed by atoms with van der Waals surface area (Å²) in [7, 11) is 3.49. The molecule has 0 aliphatic heterocycles. The van der Waals surface area contributed by atoms with Crippen LogP contribution in [0.25, 0.3) is 16.9 Å². The number of aryl methyl sites for hydroxylation is 1. The van der Waals surface area contributed by atoms with Gasteiger partial charge in [-0.15, -0.1) is 0 Å². The van der Waals surface area contributed by atoms with Gasteiger partial charge in [0.15, 0.2) is 11.6 Å². The molecular formula is C23H24FN5O. The minimum atomic E-state index is -0.405. The maximum absolute atomic E-state index is 14.4. The number of hydrogen-bond donors (Lipinski definition) is 1. The molecule has 0 atom stereocenters. The second kappa shape index (κ2) is 8.51. The van der Waals surface area contributed by atoms with E-state index >= 15 is 0 Å². The maximum atomic E-state index is 14.4. The van der Waals surface area contributed by atoms with Crippen LogP contribution in [0.1, 0.15) is 16.8 Å². The number of rotatable bonds is 7. The monoisotopic (exact) mass is 405 g/mol. The Balaban J connectivity index is 1.73. The number of ether oxygens (including phenoxy) is 1. The van der Waals surface area contributed by atoms with Gasteiger partial charge in [0.2, 0.25) is 0 Å². The van der Waals surface area contributed by atoms with Crippen LogP contribution in [0.15, 0.2) is 60.9 Å². The minimum absolute atomic E-state index is 0.218. The number of halogens is 1. The molecule has 1 N–H and O–H groups in total. The molecule has 2 heterocycles. The van der Waals surface area contributed by atoms with Gasteiger partial charge in [0, 0.05) is 42.3 Å². The fraction of sp³-hybridized carbons (Fsp3) is 0.217. The molecule has 0 aliphatic rings. The van der Waals surface area contributed by atoms with E-state index in [2.05, 4.69) is 15.1 Å². The van der Waals surface area contributed by atoms with E-state index < -0.39 is 5.82 Å². The third kappa shape index (κ3) is 4.11. The lowest BCUT2D eigenvalue weighted by Gasteiger charge is -2.15. The van der Waals surface area contributed by atoms with Crippen molar-refractivity contribution in [2.45, 2.75) is 20.0 Å². The van der Waals surface area contributed by atoms with Crippen molar-refractivity contribution < 1.29 is 9.13 Å². The molecule has 2 aromatic heterocycles. The Morgan fingerprint density at radius 3 is 2.67 bits per heavy atom. The van der Waals surface area contributed by atoms with E-state index in [0.29, 0.717) is 18.7 Å².